The molecule has 20 heavy (non-hydrogen) atoms. The summed E-state index contributed by atoms with van der Waals surface area (Å²) < 4.78 is 27.4. The molecule has 1 fully saturated rings. The average Bonchev–Trinajstić information content (AvgIpc) is 2.92. The predicted molar refractivity (Wildman–Crippen MR) is 74.1 cm³/mol. The van der Waals surface area contributed by atoms with Crippen molar-refractivity contribution < 1.29 is 17.6 Å². The van der Waals surface area contributed by atoms with Gasteiger partial charge >= 0.3 is 0 Å². The Hall–Kier alpha value is -1.60. The molecule has 0 bridgehead atoms. The number of fused-ring (bicyclic) bond motifs is 1. The van der Waals surface area contributed by atoms with E-state index >= 15 is 0 Å². The van der Waals surface area contributed by atoms with E-state index in [1.54, 1.807) is 23.1 Å². The Balaban J connectivity index is 1.85. The fraction of sp³-hybridized carbons (Fsp3) is 0.333. The molecule has 1 unspecified atom stereocenters. The molecule has 0 radical (unpaired) electrons. The van der Waals surface area contributed by atoms with Crippen molar-refractivity contribution in [3.63, 3.8) is 0 Å². The molecule has 1 aromatic carbocycles. The van der Waals surface area contributed by atoms with Gasteiger partial charge in [-0.05, 0) is 12.1 Å². The minimum atomic E-state index is -3.60. The van der Waals surface area contributed by atoms with Crippen LogP contribution < -0.4 is 4.90 Å². The highest BCUT2D eigenvalue weighted by Gasteiger charge is 2.33. The molecule has 6 nitrogen and oxygen atoms in total. The molecule has 1 amide bonds. The van der Waals surface area contributed by atoms with Crippen molar-refractivity contribution in [2.24, 2.45) is 5.92 Å². The van der Waals surface area contributed by atoms with Gasteiger partial charge < -0.3 is 9.32 Å². The zero-order valence-electron chi connectivity index (χ0n) is 10.3. The maximum absolute atomic E-state index is 12.0. The largest absolute Gasteiger partial charge is 0.443 e. The third-order valence-electron chi connectivity index (χ3n) is 3.27. The highest BCUT2D eigenvalue weighted by atomic mass is 35.7. The summed E-state index contributed by atoms with van der Waals surface area (Å²) in [5.74, 6) is -0.592. The van der Waals surface area contributed by atoms with Gasteiger partial charge in [-0.3, -0.25) is 4.79 Å². The lowest BCUT2D eigenvalue weighted by Crippen LogP contribution is -2.25. The van der Waals surface area contributed by atoms with E-state index in [0.29, 0.717) is 23.3 Å². The predicted octanol–water partition coefficient (Wildman–Crippen LogP) is 1.75. The molecule has 1 atom stereocenters. The maximum atomic E-state index is 12.0. The quantitative estimate of drug-likeness (QED) is 0.806. The first-order valence-corrected chi connectivity index (χ1v) is 8.46. The SMILES string of the molecule is O=C1CC(CS(=O)(=O)Cl)CN1c1ccc2ncoc2c1. The third-order valence-corrected chi connectivity index (χ3v) is 4.51. The van der Waals surface area contributed by atoms with Gasteiger partial charge in [-0.1, -0.05) is 0 Å². The molecule has 1 aromatic heterocycles. The second-order valence-electron chi connectivity index (χ2n) is 4.78. The highest BCUT2D eigenvalue weighted by molar-refractivity contribution is 8.13. The second kappa shape index (κ2) is 4.75. The zero-order chi connectivity index (χ0) is 14.3. The van der Waals surface area contributed by atoms with Gasteiger partial charge in [0, 0.05) is 41.3 Å². The number of nitrogens with zero attached hydrogens (tertiary/aromatic N) is 2. The van der Waals surface area contributed by atoms with Crippen molar-refractivity contribution in [3.05, 3.63) is 24.6 Å². The Bertz CT molecular complexity index is 771. The molecule has 106 valence electrons. The number of oxazole rings is 1. The van der Waals surface area contributed by atoms with E-state index in [0.717, 1.165) is 0 Å². The van der Waals surface area contributed by atoms with E-state index in [2.05, 4.69) is 4.98 Å². The summed E-state index contributed by atoms with van der Waals surface area (Å²) in [4.78, 5) is 17.5. The first-order valence-electron chi connectivity index (χ1n) is 5.98. The van der Waals surface area contributed by atoms with Crippen LogP contribution in [0, 0.1) is 5.92 Å². The van der Waals surface area contributed by atoms with Crippen LogP contribution in [-0.4, -0.2) is 31.6 Å². The number of amides is 1. The van der Waals surface area contributed by atoms with Gasteiger partial charge in [0.05, 0.1) is 5.75 Å². The maximum Gasteiger partial charge on any atom is 0.232 e. The summed E-state index contributed by atoms with van der Waals surface area (Å²) in [6.45, 7) is 0.338. The van der Waals surface area contributed by atoms with Gasteiger partial charge in [0.2, 0.25) is 15.0 Å². The molecular weight excluding hydrogens is 304 g/mol. The first-order chi connectivity index (χ1) is 9.42. The van der Waals surface area contributed by atoms with Crippen molar-refractivity contribution in [2.45, 2.75) is 6.42 Å². The molecule has 1 aliphatic heterocycles. The van der Waals surface area contributed by atoms with E-state index in [9.17, 15) is 13.2 Å². The summed E-state index contributed by atoms with van der Waals surface area (Å²) in [6, 6.07) is 5.24. The molecule has 0 saturated carbocycles. The minimum absolute atomic E-state index is 0.116. The standard InChI is InChI=1S/C12H11ClN2O4S/c13-20(17,18)6-8-3-12(16)15(5-8)9-1-2-10-11(4-9)19-7-14-10/h1-2,4,7-8H,3,5-6H2. The van der Waals surface area contributed by atoms with Gasteiger partial charge in [0.1, 0.15) is 5.52 Å². The van der Waals surface area contributed by atoms with E-state index < -0.39 is 9.05 Å². The third kappa shape index (κ3) is 2.64. The van der Waals surface area contributed by atoms with E-state index in [1.165, 1.54) is 6.39 Å². The lowest BCUT2D eigenvalue weighted by atomic mass is 10.1. The van der Waals surface area contributed by atoms with Crippen molar-refractivity contribution in [2.75, 3.05) is 17.2 Å². The van der Waals surface area contributed by atoms with Gasteiger partial charge in [-0.15, -0.1) is 0 Å². The molecule has 0 spiro atoms. The van der Waals surface area contributed by atoms with Gasteiger partial charge in [0.15, 0.2) is 12.0 Å². The zero-order valence-corrected chi connectivity index (χ0v) is 11.9. The lowest BCUT2D eigenvalue weighted by molar-refractivity contribution is -0.117. The monoisotopic (exact) mass is 314 g/mol. The Morgan fingerprint density at radius 1 is 1.45 bits per heavy atom. The summed E-state index contributed by atoms with van der Waals surface area (Å²) >= 11 is 0. The molecular formula is C12H11ClN2O4S. The number of hydrogen-bond acceptors (Lipinski definition) is 5. The lowest BCUT2D eigenvalue weighted by Gasteiger charge is -2.16. The minimum Gasteiger partial charge on any atom is -0.443 e. The second-order valence-corrected chi connectivity index (χ2v) is 7.61. The number of aromatic nitrogens is 1. The van der Waals surface area contributed by atoms with Crippen LogP contribution in [0.1, 0.15) is 6.42 Å². The van der Waals surface area contributed by atoms with Crippen LogP contribution in [0.25, 0.3) is 11.1 Å². The number of halogens is 1. The molecule has 8 heteroatoms. The fourth-order valence-electron chi connectivity index (χ4n) is 2.44. The van der Waals surface area contributed by atoms with E-state index in [4.69, 9.17) is 15.1 Å². The Labute approximate surface area is 119 Å². The summed E-state index contributed by atoms with van der Waals surface area (Å²) in [6.07, 6.45) is 1.52. The number of anilines is 1. The Kier molecular flexibility index (Phi) is 3.18. The van der Waals surface area contributed by atoms with Gasteiger partial charge in [-0.2, -0.15) is 0 Å². The van der Waals surface area contributed by atoms with Crippen molar-refractivity contribution in [3.8, 4) is 0 Å². The van der Waals surface area contributed by atoms with Crippen molar-refractivity contribution in [1.29, 1.82) is 0 Å². The number of benzene rings is 1. The molecule has 1 saturated heterocycles. The topological polar surface area (TPSA) is 80.5 Å². The summed E-state index contributed by atoms with van der Waals surface area (Å²) in [5.41, 5.74) is 1.97. The fourth-order valence-corrected chi connectivity index (χ4v) is 3.76. The van der Waals surface area contributed by atoms with Crippen LogP contribution in [-0.2, 0) is 13.8 Å². The van der Waals surface area contributed by atoms with E-state index in [-0.39, 0.29) is 24.0 Å². The van der Waals surface area contributed by atoms with Gasteiger partial charge in [0.25, 0.3) is 0 Å². The van der Waals surface area contributed by atoms with Crippen molar-refractivity contribution in [1.82, 2.24) is 4.98 Å². The normalized spacial score (nSPS) is 19.9. The Morgan fingerprint density at radius 2 is 2.25 bits per heavy atom. The van der Waals surface area contributed by atoms with Crippen LogP contribution in [0.2, 0.25) is 0 Å². The van der Waals surface area contributed by atoms with Gasteiger partial charge in [-0.25, -0.2) is 13.4 Å². The van der Waals surface area contributed by atoms with Crippen LogP contribution in [0.3, 0.4) is 0 Å². The highest BCUT2D eigenvalue weighted by Crippen LogP contribution is 2.28. The smallest absolute Gasteiger partial charge is 0.232 e. The molecule has 2 aromatic rings. The molecule has 3 rings (SSSR count). The van der Waals surface area contributed by atoms with E-state index in [1.807, 2.05) is 0 Å². The molecule has 1 aliphatic rings. The number of carbonyl (C=O) groups is 1. The van der Waals surface area contributed by atoms with Crippen molar-refractivity contribution >= 4 is 42.4 Å². The Morgan fingerprint density at radius 3 is 3.00 bits per heavy atom. The number of carbonyl (C=O) groups excluding carboxylic acids is 1. The number of hydrogen-bond donors (Lipinski definition) is 0. The molecule has 0 aliphatic carbocycles. The average molecular weight is 315 g/mol. The number of rotatable bonds is 3. The molecule has 0 N–H and O–H groups in total. The van der Waals surface area contributed by atoms with Crippen LogP contribution in [0.4, 0.5) is 5.69 Å². The van der Waals surface area contributed by atoms with Crippen LogP contribution >= 0.6 is 10.7 Å². The first kappa shape index (κ1) is 13.4. The summed E-state index contributed by atoms with van der Waals surface area (Å²) in [5, 5.41) is 0. The van der Waals surface area contributed by atoms with Crippen LogP contribution in [0.5, 0.6) is 0 Å². The van der Waals surface area contributed by atoms with Crippen LogP contribution in [0.15, 0.2) is 29.0 Å². The summed E-state index contributed by atoms with van der Waals surface area (Å²) in [7, 11) is 1.64. The molecule has 2 heterocycles.